The third-order valence-electron chi connectivity index (χ3n) is 5.81. The van der Waals surface area contributed by atoms with Crippen LogP contribution < -0.4 is 0 Å². The molecular weight excluding hydrogens is 370 g/mol. The van der Waals surface area contributed by atoms with Crippen LogP contribution in [0.4, 0.5) is 4.79 Å². The highest BCUT2D eigenvalue weighted by atomic mass is 16.5. The topological polar surface area (TPSA) is 70.2 Å². The average molecular weight is 395 g/mol. The number of piperidine rings is 1. The van der Waals surface area contributed by atoms with Crippen molar-refractivity contribution in [2.45, 2.75) is 18.9 Å². The van der Waals surface area contributed by atoms with E-state index in [0.29, 0.717) is 38.1 Å². The highest BCUT2D eigenvalue weighted by Gasteiger charge is 2.40. The fraction of sp³-hybridized carbons (Fsp3) is 0.409. The molecule has 2 aromatic carbocycles. The molecule has 4 amide bonds. The van der Waals surface area contributed by atoms with Crippen LogP contribution in [0.2, 0.25) is 0 Å². The summed E-state index contributed by atoms with van der Waals surface area (Å²) in [4.78, 5) is 42.6. The number of fused-ring (bicyclic) bond motifs is 1. The maximum Gasteiger partial charge on any atom is 0.327 e. The fourth-order valence-electron chi connectivity index (χ4n) is 4.21. The number of amides is 4. The predicted octanol–water partition coefficient (Wildman–Crippen LogP) is 2.36. The monoisotopic (exact) mass is 395 g/mol. The lowest BCUT2D eigenvalue weighted by atomic mass is 10.00. The van der Waals surface area contributed by atoms with Gasteiger partial charge in [0.1, 0.15) is 6.54 Å². The molecule has 0 atom stereocenters. The van der Waals surface area contributed by atoms with Gasteiger partial charge < -0.3 is 14.5 Å². The van der Waals surface area contributed by atoms with E-state index in [1.807, 2.05) is 47.4 Å². The summed E-state index contributed by atoms with van der Waals surface area (Å²) in [6.45, 7) is 1.88. The van der Waals surface area contributed by atoms with Crippen molar-refractivity contribution in [1.82, 2.24) is 14.7 Å². The Labute approximate surface area is 169 Å². The number of ether oxygens (including phenoxy) is 1. The molecule has 0 aliphatic carbocycles. The molecule has 7 nitrogen and oxygen atoms in total. The van der Waals surface area contributed by atoms with E-state index in [-0.39, 0.29) is 37.0 Å². The lowest BCUT2D eigenvalue weighted by molar-refractivity contribution is -0.125. The fourth-order valence-corrected chi connectivity index (χ4v) is 4.21. The molecule has 2 aliphatic heterocycles. The Morgan fingerprint density at radius 1 is 1.07 bits per heavy atom. The first-order valence-corrected chi connectivity index (χ1v) is 9.97. The number of likely N-dealkylation sites (tertiary alicyclic amines) is 1. The summed E-state index contributed by atoms with van der Waals surface area (Å²) in [6.07, 6.45) is 1.35. The molecule has 0 saturated carbocycles. The summed E-state index contributed by atoms with van der Waals surface area (Å²) < 4.78 is 4.99. The van der Waals surface area contributed by atoms with Crippen LogP contribution in [0.5, 0.6) is 0 Å². The van der Waals surface area contributed by atoms with Gasteiger partial charge in [-0.05, 0) is 29.7 Å². The summed E-state index contributed by atoms with van der Waals surface area (Å²) in [5.74, 6) is -0.160. The number of hydrogen-bond donors (Lipinski definition) is 0. The van der Waals surface area contributed by atoms with Gasteiger partial charge in [-0.3, -0.25) is 14.5 Å². The van der Waals surface area contributed by atoms with Crippen molar-refractivity contribution in [3.8, 4) is 0 Å². The van der Waals surface area contributed by atoms with E-state index in [9.17, 15) is 14.4 Å². The molecule has 0 unspecified atom stereocenters. The van der Waals surface area contributed by atoms with Crippen LogP contribution in [0.3, 0.4) is 0 Å². The molecule has 29 heavy (non-hydrogen) atoms. The zero-order chi connectivity index (χ0) is 20.4. The van der Waals surface area contributed by atoms with E-state index >= 15 is 0 Å². The van der Waals surface area contributed by atoms with Crippen LogP contribution in [0.1, 0.15) is 23.2 Å². The first kappa shape index (κ1) is 19.4. The molecule has 0 aromatic heterocycles. The molecule has 2 aromatic rings. The molecule has 0 radical (unpaired) electrons. The van der Waals surface area contributed by atoms with Crippen LogP contribution in [0.15, 0.2) is 42.5 Å². The summed E-state index contributed by atoms with van der Waals surface area (Å²) in [7, 11) is 1.55. The van der Waals surface area contributed by atoms with Crippen molar-refractivity contribution in [3.05, 3.63) is 48.0 Å². The second-order valence-electron chi connectivity index (χ2n) is 7.50. The number of urea groups is 1. The maximum absolute atomic E-state index is 13.1. The number of benzene rings is 2. The Kier molecular flexibility index (Phi) is 5.49. The number of hydrogen-bond acceptors (Lipinski definition) is 4. The van der Waals surface area contributed by atoms with Gasteiger partial charge in [-0.25, -0.2) is 4.79 Å². The minimum atomic E-state index is -0.245. The Bertz CT molecular complexity index is 931. The molecule has 2 saturated heterocycles. The van der Waals surface area contributed by atoms with Crippen molar-refractivity contribution in [3.63, 3.8) is 0 Å². The van der Waals surface area contributed by atoms with Gasteiger partial charge in [0.25, 0.3) is 5.91 Å². The first-order chi connectivity index (χ1) is 14.1. The van der Waals surface area contributed by atoms with Crippen LogP contribution in [-0.4, -0.2) is 78.5 Å². The summed E-state index contributed by atoms with van der Waals surface area (Å²) >= 11 is 0. The van der Waals surface area contributed by atoms with Crippen molar-refractivity contribution < 1.29 is 19.1 Å². The lowest BCUT2D eigenvalue weighted by Crippen LogP contribution is -2.48. The van der Waals surface area contributed by atoms with Gasteiger partial charge in [0.05, 0.1) is 13.2 Å². The quantitative estimate of drug-likeness (QED) is 0.729. The van der Waals surface area contributed by atoms with E-state index in [1.165, 1.54) is 4.90 Å². The number of rotatable bonds is 5. The van der Waals surface area contributed by atoms with Crippen LogP contribution in [0.25, 0.3) is 10.8 Å². The molecule has 2 heterocycles. The SMILES string of the molecule is COCCN1C(=O)CN(C2CCN(C(=O)c3cccc4ccccc34)CC2)C1=O. The van der Waals surface area contributed by atoms with E-state index in [0.717, 1.165) is 10.8 Å². The lowest BCUT2D eigenvalue weighted by Gasteiger charge is -2.36. The minimum absolute atomic E-state index is 0.0180. The van der Waals surface area contributed by atoms with Crippen molar-refractivity contribution in [2.24, 2.45) is 0 Å². The zero-order valence-electron chi connectivity index (χ0n) is 16.5. The average Bonchev–Trinajstić information content (AvgIpc) is 3.04. The smallest absolute Gasteiger partial charge is 0.327 e. The molecular formula is C22H25N3O4. The normalized spacial score (nSPS) is 18.2. The third-order valence-corrected chi connectivity index (χ3v) is 5.81. The molecule has 4 rings (SSSR count). The number of methoxy groups -OCH3 is 1. The largest absolute Gasteiger partial charge is 0.383 e. The molecule has 7 heteroatoms. The van der Waals surface area contributed by atoms with E-state index in [1.54, 1.807) is 12.0 Å². The number of carbonyl (C=O) groups is 3. The molecule has 152 valence electrons. The van der Waals surface area contributed by atoms with Crippen LogP contribution in [0, 0.1) is 0 Å². The standard InChI is InChI=1S/C22H25N3O4/c1-29-14-13-24-20(26)15-25(22(24)28)17-9-11-23(12-10-17)21(27)19-8-4-6-16-5-2-3-7-18(16)19/h2-8,17H,9-15H2,1H3. The van der Waals surface area contributed by atoms with Gasteiger partial charge >= 0.3 is 6.03 Å². The number of carbonyl (C=O) groups excluding carboxylic acids is 3. The molecule has 0 N–H and O–H groups in total. The second-order valence-corrected chi connectivity index (χ2v) is 7.50. The summed E-state index contributed by atoms with van der Waals surface area (Å²) in [6, 6.07) is 13.4. The number of imide groups is 1. The molecule has 0 spiro atoms. The molecule has 0 bridgehead atoms. The highest BCUT2D eigenvalue weighted by molar-refractivity contribution is 6.07. The number of nitrogens with zero attached hydrogens (tertiary/aromatic N) is 3. The third kappa shape index (κ3) is 3.70. The van der Waals surface area contributed by atoms with Gasteiger partial charge in [0, 0.05) is 31.8 Å². The van der Waals surface area contributed by atoms with Gasteiger partial charge in [-0.15, -0.1) is 0 Å². The van der Waals surface area contributed by atoms with Crippen molar-refractivity contribution in [1.29, 1.82) is 0 Å². The van der Waals surface area contributed by atoms with Crippen molar-refractivity contribution >= 4 is 28.6 Å². The van der Waals surface area contributed by atoms with Crippen LogP contribution >= 0.6 is 0 Å². The van der Waals surface area contributed by atoms with E-state index in [4.69, 9.17) is 4.74 Å². The van der Waals surface area contributed by atoms with Gasteiger partial charge in [0.2, 0.25) is 5.91 Å². The summed E-state index contributed by atoms with van der Waals surface area (Å²) in [5.41, 5.74) is 0.708. The van der Waals surface area contributed by atoms with Gasteiger partial charge in [0.15, 0.2) is 0 Å². The Morgan fingerprint density at radius 3 is 2.55 bits per heavy atom. The van der Waals surface area contributed by atoms with E-state index < -0.39 is 0 Å². The van der Waals surface area contributed by atoms with Crippen molar-refractivity contribution in [2.75, 3.05) is 39.9 Å². The first-order valence-electron chi connectivity index (χ1n) is 9.97. The maximum atomic E-state index is 13.1. The molecule has 2 fully saturated rings. The Morgan fingerprint density at radius 2 is 1.79 bits per heavy atom. The second kappa shape index (κ2) is 8.21. The summed E-state index contributed by atoms with van der Waals surface area (Å²) in [5, 5.41) is 2.00. The van der Waals surface area contributed by atoms with Gasteiger partial charge in [-0.2, -0.15) is 0 Å². The Hall–Kier alpha value is -2.93. The van der Waals surface area contributed by atoms with Gasteiger partial charge in [-0.1, -0.05) is 36.4 Å². The molecule has 2 aliphatic rings. The Balaban J connectivity index is 1.41. The predicted molar refractivity (Wildman–Crippen MR) is 109 cm³/mol. The minimum Gasteiger partial charge on any atom is -0.383 e. The van der Waals surface area contributed by atoms with Crippen LogP contribution in [-0.2, 0) is 9.53 Å². The van der Waals surface area contributed by atoms with E-state index in [2.05, 4.69) is 0 Å². The zero-order valence-corrected chi connectivity index (χ0v) is 16.5. The highest BCUT2D eigenvalue weighted by Crippen LogP contribution is 2.25.